The fraction of sp³-hybridized carbons (Fsp3) is 0.400. The molecule has 1 heterocycles. The summed E-state index contributed by atoms with van der Waals surface area (Å²) in [6, 6.07) is 0. The van der Waals surface area contributed by atoms with Crippen LogP contribution in [0.4, 0.5) is 0 Å². The van der Waals surface area contributed by atoms with Crippen LogP contribution in [-0.4, -0.2) is 36.0 Å². The van der Waals surface area contributed by atoms with E-state index in [-0.39, 0.29) is 0 Å². The molecule has 0 spiro atoms. The van der Waals surface area contributed by atoms with Gasteiger partial charge in [0, 0.05) is 0 Å². The number of nitrogens with zero attached hydrogens (tertiary/aromatic N) is 4. The van der Waals surface area contributed by atoms with Gasteiger partial charge in [-0.25, -0.2) is 0 Å². The zero-order valence-electron chi connectivity index (χ0n) is 8.03. The summed E-state index contributed by atoms with van der Waals surface area (Å²) in [5.41, 5.74) is 1.75. The molecule has 0 aliphatic carbocycles. The zero-order chi connectivity index (χ0) is 10.6. The molecule has 72 valence electrons. The van der Waals surface area contributed by atoms with E-state index in [1.54, 1.807) is 9.80 Å². The first-order chi connectivity index (χ1) is 6.65. The maximum Gasteiger partial charge on any atom is 0.179 e. The lowest BCUT2D eigenvalue weighted by Crippen LogP contribution is -2.34. The smallest absolute Gasteiger partial charge is 0.179 e. The standard InChI is InChI=1S/C10H12N4/c1-9-3-13(7-11)5-10(2)6-14(4-9)8-12/h1-6H2. The molecule has 0 unspecified atom stereocenters. The van der Waals surface area contributed by atoms with Gasteiger partial charge in [-0.15, -0.1) is 0 Å². The number of nitriles is 2. The van der Waals surface area contributed by atoms with Gasteiger partial charge in [0.2, 0.25) is 0 Å². The normalized spacial score (nSPS) is 18.1. The Balaban J connectivity index is 2.72. The van der Waals surface area contributed by atoms with Crippen LogP contribution in [0.2, 0.25) is 0 Å². The Morgan fingerprint density at radius 1 is 0.857 bits per heavy atom. The average Bonchev–Trinajstić information content (AvgIpc) is 2.13. The Labute approximate surface area is 83.9 Å². The van der Waals surface area contributed by atoms with Crippen molar-refractivity contribution < 1.29 is 0 Å². The van der Waals surface area contributed by atoms with E-state index in [9.17, 15) is 0 Å². The van der Waals surface area contributed by atoms with Crippen LogP contribution in [0.25, 0.3) is 0 Å². The maximum absolute atomic E-state index is 8.78. The minimum Gasteiger partial charge on any atom is -0.302 e. The molecular weight excluding hydrogens is 176 g/mol. The summed E-state index contributed by atoms with van der Waals surface area (Å²) in [5.74, 6) is 0. The minimum absolute atomic E-state index is 0.508. The van der Waals surface area contributed by atoms with Gasteiger partial charge < -0.3 is 9.80 Å². The highest BCUT2D eigenvalue weighted by Crippen LogP contribution is 2.08. The van der Waals surface area contributed by atoms with Gasteiger partial charge in [0.15, 0.2) is 12.4 Å². The predicted octanol–water partition coefficient (Wildman–Crippen LogP) is 0.679. The van der Waals surface area contributed by atoms with E-state index in [0.29, 0.717) is 26.2 Å². The van der Waals surface area contributed by atoms with Crippen molar-refractivity contribution in [3.05, 3.63) is 24.3 Å². The van der Waals surface area contributed by atoms with Crippen LogP contribution in [0.5, 0.6) is 0 Å². The molecule has 0 aromatic rings. The molecule has 0 radical (unpaired) electrons. The molecule has 1 fully saturated rings. The van der Waals surface area contributed by atoms with Crippen LogP contribution in [0.3, 0.4) is 0 Å². The molecule has 1 aliphatic rings. The highest BCUT2D eigenvalue weighted by Gasteiger charge is 2.14. The summed E-state index contributed by atoms with van der Waals surface area (Å²) >= 11 is 0. The van der Waals surface area contributed by atoms with E-state index >= 15 is 0 Å². The summed E-state index contributed by atoms with van der Waals surface area (Å²) in [6.45, 7) is 9.67. The first-order valence-electron chi connectivity index (χ1n) is 4.28. The third kappa shape index (κ3) is 2.53. The first-order valence-corrected chi connectivity index (χ1v) is 4.28. The van der Waals surface area contributed by atoms with E-state index < -0.39 is 0 Å². The Kier molecular flexibility index (Phi) is 3.14. The molecule has 1 aliphatic heterocycles. The molecule has 0 amide bonds. The van der Waals surface area contributed by atoms with Crippen molar-refractivity contribution in [1.29, 1.82) is 10.5 Å². The molecular formula is C10H12N4. The molecule has 0 aromatic carbocycles. The zero-order valence-corrected chi connectivity index (χ0v) is 8.03. The van der Waals surface area contributed by atoms with Crippen LogP contribution in [-0.2, 0) is 0 Å². The van der Waals surface area contributed by atoms with Crippen molar-refractivity contribution >= 4 is 0 Å². The molecule has 0 atom stereocenters. The molecule has 4 nitrogen and oxygen atoms in total. The number of hydrogen-bond acceptors (Lipinski definition) is 4. The average molecular weight is 188 g/mol. The molecule has 1 rings (SSSR count). The predicted molar refractivity (Wildman–Crippen MR) is 52.7 cm³/mol. The maximum atomic E-state index is 8.78. The second kappa shape index (κ2) is 4.34. The lowest BCUT2D eigenvalue weighted by molar-refractivity contribution is 0.369. The molecule has 0 aromatic heterocycles. The Bertz CT molecular complexity index is 281. The van der Waals surface area contributed by atoms with E-state index in [4.69, 9.17) is 10.5 Å². The van der Waals surface area contributed by atoms with Gasteiger partial charge in [0.1, 0.15) is 0 Å². The lowest BCUT2D eigenvalue weighted by Gasteiger charge is -2.26. The van der Waals surface area contributed by atoms with Crippen LogP contribution in [0.15, 0.2) is 24.3 Å². The molecule has 0 N–H and O–H groups in total. The van der Waals surface area contributed by atoms with Crippen LogP contribution in [0.1, 0.15) is 0 Å². The van der Waals surface area contributed by atoms with E-state index in [0.717, 1.165) is 11.1 Å². The van der Waals surface area contributed by atoms with E-state index in [2.05, 4.69) is 25.5 Å². The van der Waals surface area contributed by atoms with Crippen molar-refractivity contribution in [3.63, 3.8) is 0 Å². The van der Waals surface area contributed by atoms with Crippen molar-refractivity contribution in [2.75, 3.05) is 26.2 Å². The number of rotatable bonds is 0. The lowest BCUT2D eigenvalue weighted by atomic mass is 10.2. The third-order valence-electron chi connectivity index (χ3n) is 1.94. The van der Waals surface area contributed by atoms with Crippen molar-refractivity contribution in [3.8, 4) is 12.4 Å². The van der Waals surface area contributed by atoms with E-state index in [1.165, 1.54) is 0 Å². The second-order valence-corrected chi connectivity index (χ2v) is 3.41. The topological polar surface area (TPSA) is 54.1 Å². The summed E-state index contributed by atoms with van der Waals surface area (Å²) in [5, 5.41) is 17.6. The van der Waals surface area contributed by atoms with Crippen molar-refractivity contribution in [1.82, 2.24) is 9.80 Å². The minimum atomic E-state index is 0.508. The first kappa shape index (κ1) is 10.1. The summed E-state index contributed by atoms with van der Waals surface area (Å²) < 4.78 is 0. The van der Waals surface area contributed by atoms with Crippen molar-refractivity contribution in [2.45, 2.75) is 0 Å². The van der Waals surface area contributed by atoms with Gasteiger partial charge in [-0.1, -0.05) is 13.2 Å². The van der Waals surface area contributed by atoms with E-state index in [1.807, 2.05) is 0 Å². The highest BCUT2D eigenvalue weighted by molar-refractivity contribution is 5.13. The Morgan fingerprint density at radius 3 is 1.36 bits per heavy atom. The van der Waals surface area contributed by atoms with Gasteiger partial charge in [-0.2, -0.15) is 10.5 Å². The quantitative estimate of drug-likeness (QED) is 0.414. The monoisotopic (exact) mass is 188 g/mol. The molecule has 14 heavy (non-hydrogen) atoms. The summed E-state index contributed by atoms with van der Waals surface area (Å²) in [4.78, 5) is 3.19. The second-order valence-electron chi connectivity index (χ2n) is 3.41. The Hall–Kier alpha value is -1.94. The summed E-state index contributed by atoms with van der Waals surface area (Å²) in [7, 11) is 0. The van der Waals surface area contributed by atoms with Gasteiger partial charge in [-0.3, -0.25) is 0 Å². The molecule has 1 saturated heterocycles. The summed E-state index contributed by atoms with van der Waals surface area (Å²) in [6.07, 6.45) is 4.15. The highest BCUT2D eigenvalue weighted by atomic mass is 15.2. The fourth-order valence-electron chi connectivity index (χ4n) is 1.43. The molecule has 0 saturated carbocycles. The van der Waals surface area contributed by atoms with Crippen LogP contribution < -0.4 is 0 Å². The van der Waals surface area contributed by atoms with Crippen molar-refractivity contribution in [2.24, 2.45) is 0 Å². The Morgan fingerprint density at radius 2 is 1.14 bits per heavy atom. The SMILES string of the molecule is C=C1CN(C#N)CC(=C)CN(C#N)C1. The van der Waals surface area contributed by atoms with Gasteiger partial charge in [-0.05, 0) is 11.1 Å². The largest absolute Gasteiger partial charge is 0.302 e. The fourth-order valence-corrected chi connectivity index (χ4v) is 1.43. The molecule has 4 heteroatoms. The van der Waals surface area contributed by atoms with Crippen LogP contribution >= 0.6 is 0 Å². The molecule has 0 bridgehead atoms. The van der Waals surface area contributed by atoms with Gasteiger partial charge in [0.25, 0.3) is 0 Å². The van der Waals surface area contributed by atoms with Crippen LogP contribution in [0, 0.1) is 22.9 Å². The third-order valence-corrected chi connectivity index (χ3v) is 1.94. The number of hydrogen-bond donors (Lipinski definition) is 0. The van der Waals surface area contributed by atoms with Gasteiger partial charge in [0.05, 0.1) is 26.2 Å². The van der Waals surface area contributed by atoms with Gasteiger partial charge >= 0.3 is 0 Å².